The van der Waals surface area contributed by atoms with Crippen LogP contribution in [0.15, 0.2) is 30.3 Å². The Kier molecular flexibility index (Phi) is 3.00. The molecule has 2 aromatic rings. The first-order valence-electron chi connectivity index (χ1n) is 6.46. The summed E-state index contributed by atoms with van der Waals surface area (Å²) in [5.74, 6) is -4.23. The SMILES string of the molecule is Nc1ccc2c(c1C(=O)O)C(=O)c1cccc(C(=O)O)c1C2=O. The molecule has 7 heteroatoms. The highest BCUT2D eigenvalue weighted by Gasteiger charge is 2.36. The normalized spacial score (nSPS) is 12.5. The molecule has 2 aromatic carbocycles. The molecule has 3 rings (SSSR count). The molecule has 23 heavy (non-hydrogen) atoms. The second-order valence-electron chi connectivity index (χ2n) is 4.95. The van der Waals surface area contributed by atoms with E-state index in [1.54, 1.807) is 0 Å². The van der Waals surface area contributed by atoms with E-state index in [4.69, 9.17) is 5.73 Å². The third kappa shape index (κ3) is 1.90. The summed E-state index contributed by atoms with van der Waals surface area (Å²) in [5, 5.41) is 18.5. The number of nitrogens with two attached hydrogens (primary N) is 1. The van der Waals surface area contributed by atoms with E-state index in [0.717, 1.165) is 0 Å². The molecule has 0 aromatic heterocycles. The molecule has 0 atom stereocenters. The third-order valence-electron chi connectivity index (χ3n) is 3.69. The van der Waals surface area contributed by atoms with Crippen LogP contribution in [0.25, 0.3) is 0 Å². The van der Waals surface area contributed by atoms with E-state index in [0.29, 0.717) is 0 Å². The largest absolute Gasteiger partial charge is 0.478 e. The van der Waals surface area contributed by atoms with E-state index in [1.165, 1.54) is 30.3 Å². The number of hydrogen-bond donors (Lipinski definition) is 3. The number of benzene rings is 2. The summed E-state index contributed by atoms with van der Waals surface area (Å²) in [7, 11) is 0. The first kappa shape index (κ1) is 14.5. The molecule has 0 aliphatic heterocycles. The number of ketones is 2. The Morgan fingerprint density at radius 2 is 1.43 bits per heavy atom. The number of rotatable bonds is 2. The molecule has 7 nitrogen and oxygen atoms in total. The van der Waals surface area contributed by atoms with E-state index in [-0.39, 0.29) is 33.5 Å². The third-order valence-corrected chi connectivity index (χ3v) is 3.69. The van der Waals surface area contributed by atoms with Crippen LogP contribution in [0.2, 0.25) is 0 Å². The number of fused-ring (bicyclic) bond motifs is 2. The van der Waals surface area contributed by atoms with Gasteiger partial charge in [-0.15, -0.1) is 0 Å². The molecule has 0 unspecified atom stereocenters. The standard InChI is InChI=1S/C16H9NO6/c17-9-5-4-7-11(12(9)16(22)23)14(19)6-2-1-3-8(15(20)21)10(6)13(7)18/h1-5H,17H2,(H,20,21)(H,22,23). The monoisotopic (exact) mass is 311 g/mol. The lowest BCUT2D eigenvalue weighted by atomic mass is 9.79. The van der Waals surface area contributed by atoms with Crippen molar-refractivity contribution < 1.29 is 29.4 Å². The molecule has 0 heterocycles. The van der Waals surface area contributed by atoms with Crippen LogP contribution < -0.4 is 5.73 Å². The number of carbonyl (C=O) groups excluding carboxylic acids is 2. The topological polar surface area (TPSA) is 135 Å². The fraction of sp³-hybridized carbons (Fsp3) is 0. The fourth-order valence-electron chi connectivity index (χ4n) is 2.71. The van der Waals surface area contributed by atoms with Gasteiger partial charge in [0, 0.05) is 22.4 Å². The van der Waals surface area contributed by atoms with Gasteiger partial charge in [0.05, 0.1) is 16.7 Å². The van der Waals surface area contributed by atoms with E-state index < -0.39 is 29.1 Å². The molecule has 114 valence electrons. The average molecular weight is 311 g/mol. The molecule has 1 aliphatic carbocycles. The van der Waals surface area contributed by atoms with Gasteiger partial charge in [0.1, 0.15) is 0 Å². The van der Waals surface area contributed by atoms with Crippen molar-refractivity contribution in [2.24, 2.45) is 0 Å². The molecule has 4 N–H and O–H groups in total. The minimum Gasteiger partial charge on any atom is -0.478 e. The Hall–Kier alpha value is -3.48. The van der Waals surface area contributed by atoms with Crippen molar-refractivity contribution in [3.63, 3.8) is 0 Å². The number of carboxylic acids is 2. The van der Waals surface area contributed by atoms with Gasteiger partial charge in [0.2, 0.25) is 0 Å². The maximum absolute atomic E-state index is 12.6. The first-order valence-corrected chi connectivity index (χ1v) is 6.46. The number of aromatic carboxylic acids is 2. The molecule has 0 saturated carbocycles. The molecule has 1 aliphatic rings. The molecule has 0 radical (unpaired) electrons. The lowest BCUT2D eigenvalue weighted by Crippen LogP contribution is -2.26. The van der Waals surface area contributed by atoms with E-state index in [9.17, 15) is 29.4 Å². The van der Waals surface area contributed by atoms with Crippen LogP contribution >= 0.6 is 0 Å². The van der Waals surface area contributed by atoms with Crippen LogP contribution in [0.1, 0.15) is 52.6 Å². The Morgan fingerprint density at radius 1 is 0.826 bits per heavy atom. The maximum Gasteiger partial charge on any atom is 0.338 e. The Balaban J connectivity index is 2.40. The Morgan fingerprint density at radius 3 is 2.04 bits per heavy atom. The minimum absolute atomic E-state index is 0.143. The van der Waals surface area contributed by atoms with E-state index in [2.05, 4.69) is 0 Å². The van der Waals surface area contributed by atoms with Crippen molar-refractivity contribution in [2.75, 3.05) is 5.73 Å². The van der Waals surface area contributed by atoms with E-state index >= 15 is 0 Å². The number of anilines is 1. The minimum atomic E-state index is -1.43. The smallest absolute Gasteiger partial charge is 0.338 e. The van der Waals surface area contributed by atoms with Crippen LogP contribution in [-0.4, -0.2) is 33.7 Å². The van der Waals surface area contributed by atoms with Crippen molar-refractivity contribution in [1.29, 1.82) is 0 Å². The van der Waals surface area contributed by atoms with Crippen LogP contribution in [0.4, 0.5) is 5.69 Å². The second kappa shape index (κ2) is 4.77. The van der Waals surface area contributed by atoms with Crippen molar-refractivity contribution in [3.05, 3.63) is 63.7 Å². The lowest BCUT2D eigenvalue weighted by molar-refractivity contribution is 0.0681. The predicted molar refractivity (Wildman–Crippen MR) is 78.1 cm³/mol. The van der Waals surface area contributed by atoms with Crippen LogP contribution in [0.5, 0.6) is 0 Å². The Labute approximate surface area is 129 Å². The number of carboxylic acid groups (broad SMARTS) is 2. The van der Waals surface area contributed by atoms with Crippen molar-refractivity contribution in [1.82, 2.24) is 0 Å². The summed E-state index contributed by atoms with van der Waals surface area (Å²) in [4.78, 5) is 47.9. The van der Waals surface area contributed by atoms with Gasteiger partial charge in [-0.25, -0.2) is 9.59 Å². The van der Waals surface area contributed by atoms with Gasteiger partial charge in [-0.05, 0) is 18.2 Å². The van der Waals surface area contributed by atoms with Crippen LogP contribution in [0, 0.1) is 0 Å². The summed E-state index contributed by atoms with van der Waals surface area (Å²) < 4.78 is 0. The molecule has 0 spiro atoms. The van der Waals surface area contributed by atoms with Gasteiger partial charge in [0.15, 0.2) is 11.6 Å². The molecule has 0 fully saturated rings. The van der Waals surface area contributed by atoms with Gasteiger partial charge in [-0.1, -0.05) is 12.1 Å². The first-order chi connectivity index (χ1) is 10.8. The maximum atomic E-state index is 12.6. The number of nitrogen functional groups attached to an aromatic ring is 1. The zero-order valence-corrected chi connectivity index (χ0v) is 11.5. The quantitative estimate of drug-likeness (QED) is 0.609. The van der Waals surface area contributed by atoms with Gasteiger partial charge in [-0.2, -0.15) is 0 Å². The Bertz CT molecular complexity index is 928. The number of hydrogen-bond acceptors (Lipinski definition) is 5. The van der Waals surface area contributed by atoms with Gasteiger partial charge < -0.3 is 15.9 Å². The lowest BCUT2D eigenvalue weighted by Gasteiger charge is -2.21. The summed E-state index contributed by atoms with van der Waals surface area (Å²) in [6.07, 6.45) is 0. The molecular formula is C16H9NO6. The summed E-state index contributed by atoms with van der Waals surface area (Å²) in [6.45, 7) is 0. The predicted octanol–water partition coefficient (Wildman–Crippen LogP) is 1.44. The molecule has 0 amide bonds. The molecule has 0 saturated heterocycles. The van der Waals surface area contributed by atoms with Crippen LogP contribution in [-0.2, 0) is 0 Å². The van der Waals surface area contributed by atoms with Gasteiger partial charge in [-0.3, -0.25) is 9.59 Å². The summed E-state index contributed by atoms with van der Waals surface area (Å²) in [5.41, 5.74) is 3.86. The zero-order valence-electron chi connectivity index (χ0n) is 11.5. The second-order valence-corrected chi connectivity index (χ2v) is 4.95. The van der Waals surface area contributed by atoms with Gasteiger partial charge in [0.25, 0.3) is 0 Å². The highest BCUT2D eigenvalue weighted by molar-refractivity contribution is 6.32. The van der Waals surface area contributed by atoms with E-state index in [1.807, 2.05) is 0 Å². The zero-order chi connectivity index (χ0) is 16.9. The fourth-order valence-corrected chi connectivity index (χ4v) is 2.71. The average Bonchev–Trinajstić information content (AvgIpc) is 2.51. The van der Waals surface area contributed by atoms with Crippen molar-refractivity contribution >= 4 is 29.2 Å². The highest BCUT2D eigenvalue weighted by Crippen LogP contribution is 2.33. The summed E-state index contributed by atoms with van der Waals surface area (Å²) in [6, 6.07) is 6.28. The van der Waals surface area contributed by atoms with Gasteiger partial charge >= 0.3 is 11.9 Å². The highest BCUT2D eigenvalue weighted by atomic mass is 16.4. The number of carbonyl (C=O) groups is 4. The molecular weight excluding hydrogens is 302 g/mol. The van der Waals surface area contributed by atoms with Crippen molar-refractivity contribution in [3.8, 4) is 0 Å². The van der Waals surface area contributed by atoms with Crippen molar-refractivity contribution in [2.45, 2.75) is 0 Å². The summed E-state index contributed by atoms with van der Waals surface area (Å²) >= 11 is 0. The molecule has 0 bridgehead atoms. The van der Waals surface area contributed by atoms with Crippen LogP contribution in [0.3, 0.4) is 0 Å².